The van der Waals surface area contributed by atoms with Crippen molar-refractivity contribution in [3.05, 3.63) is 43.7 Å². The van der Waals surface area contributed by atoms with Crippen LogP contribution in [0.1, 0.15) is 24.2 Å². The van der Waals surface area contributed by atoms with Gasteiger partial charge in [-0.3, -0.25) is 0 Å². The number of halogens is 4. The fourth-order valence-corrected chi connectivity index (χ4v) is 2.63. The van der Waals surface area contributed by atoms with Crippen LogP contribution in [0.4, 0.5) is 10.2 Å². The number of aromatic nitrogens is 2. The van der Waals surface area contributed by atoms with Gasteiger partial charge in [0.05, 0.1) is 21.2 Å². The molecule has 1 atom stereocenters. The molecule has 1 aromatic carbocycles. The minimum absolute atomic E-state index is 0.00764. The summed E-state index contributed by atoms with van der Waals surface area (Å²) in [5, 5.41) is 4.68. The molecule has 0 aliphatic rings. The van der Waals surface area contributed by atoms with Crippen LogP contribution in [0.5, 0.6) is 0 Å². The normalized spacial score (nSPS) is 12.7. The highest BCUT2D eigenvalue weighted by atomic mass is 79.9. The van der Waals surface area contributed by atoms with E-state index in [1.165, 1.54) is 12.1 Å². The van der Waals surface area contributed by atoms with Crippen LogP contribution in [0.2, 0.25) is 10.0 Å². The van der Waals surface area contributed by atoms with Gasteiger partial charge in [-0.15, -0.1) is 0 Å². The van der Waals surface area contributed by atoms with Crippen molar-refractivity contribution in [3.8, 4) is 0 Å². The maximum Gasteiger partial charge on any atom is 0.142 e. The van der Waals surface area contributed by atoms with E-state index in [0.29, 0.717) is 16.4 Å². The van der Waals surface area contributed by atoms with E-state index in [4.69, 9.17) is 28.9 Å². The van der Waals surface area contributed by atoms with E-state index in [2.05, 4.69) is 21.0 Å². The lowest BCUT2D eigenvalue weighted by Crippen LogP contribution is -2.12. The van der Waals surface area contributed by atoms with Crippen molar-refractivity contribution in [1.29, 1.82) is 0 Å². The Bertz CT molecular complexity index is 642. The van der Waals surface area contributed by atoms with Crippen LogP contribution in [-0.4, -0.2) is 9.78 Å². The highest BCUT2D eigenvalue weighted by Crippen LogP contribution is 2.33. The number of aryl methyl sites for hydroxylation is 1. The number of anilines is 1. The maximum absolute atomic E-state index is 13.6. The van der Waals surface area contributed by atoms with Gasteiger partial charge in [0.1, 0.15) is 11.6 Å². The lowest BCUT2D eigenvalue weighted by Gasteiger charge is -2.16. The summed E-state index contributed by atoms with van der Waals surface area (Å²) in [7, 11) is 0. The monoisotopic (exact) mass is 365 g/mol. The Morgan fingerprint density at radius 2 is 2.00 bits per heavy atom. The summed E-state index contributed by atoms with van der Waals surface area (Å²) in [6, 6.07) is 2.38. The molecule has 1 aromatic heterocycles. The molecule has 0 saturated heterocycles. The molecule has 0 bridgehead atoms. The number of nitrogens with two attached hydrogens (primary N) is 1. The first-order chi connectivity index (χ1) is 8.82. The lowest BCUT2D eigenvalue weighted by atomic mass is 10.1. The summed E-state index contributed by atoms with van der Waals surface area (Å²) < 4.78 is 15.9. The topological polar surface area (TPSA) is 43.8 Å². The van der Waals surface area contributed by atoms with Crippen molar-refractivity contribution in [2.24, 2.45) is 0 Å². The molecule has 1 heterocycles. The molecular weight excluding hydrogens is 356 g/mol. The molecular formula is C12H11BrCl2FN3. The molecule has 0 fully saturated rings. The van der Waals surface area contributed by atoms with E-state index < -0.39 is 5.82 Å². The van der Waals surface area contributed by atoms with Crippen molar-refractivity contribution >= 4 is 44.9 Å². The largest absolute Gasteiger partial charge is 0.383 e. The molecule has 0 saturated carbocycles. The fraction of sp³-hybridized carbons (Fsp3) is 0.250. The predicted molar refractivity (Wildman–Crippen MR) is 79.3 cm³/mol. The first kappa shape index (κ1) is 14.6. The molecule has 1 unspecified atom stereocenters. The molecule has 0 aliphatic carbocycles. The highest BCUT2D eigenvalue weighted by Gasteiger charge is 2.20. The van der Waals surface area contributed by atoms with Crippen LogP contribution in [-0.2, 0) is 0 Å². The summed E-state index contributed by atoms with van der Waals surface area (Å²) >= 11 is 15.1. The second-order valence-corrected chi connectivity index (χ2v) is 5.80. The Kier molecular flexibility index (Phi) is 4.08. The van der Waals surface area contributed by atoms with E-state index in [1.807, 2.05) is 13.8 Å². The number of rotatable bonds is 2. The highest BCUT2D eigenvalue weighted by molar-refractivity contribution is 9.10. The lowest BCUT2D eigenvalue weighted by molar-refractivity contribution is 0.560. The molecule has 0 aliphatic heterocycles. The Morgan fingerprint density at radius 1 is 1.37 bits per heavy atom. The van der Waals surface area contributed by atoms with Gasteiger partial charge in [-0.1, -0.05) is 23.2 Å². The van der Waals surface area contributed by atoms with Crippen LogP contribution in [0, 0.1) is 12.7 Å². The van der Waals surface area contributed by atoms with E-state index in [9.17, 15) is 4.39 Å². The Morgan fingerprint density at radius 3 is 2.53 bits per heavy atom. The quantitative estimate of drug-likeness (QED) is 0.790. The molecule has 0 spiro atoms. The average Bonchev–Trinajstić information content (AvgIpc) is 2.61. The number of nitrogen functional groups attached to an aromatic ring is 1. The van der Waals surface area contributed by atoms with Gasteiger partial charge in [0.25, 0.3) is 0 Å². The Labute approximate surface area is 128 Å². The molecule has 2 rings (SSSR count). The summed E-state index contributed by atoms with van der Waals surface area (Å²) in [6.07, 6.45) is 0. The van der Waals surface area contributed by atoms with Gasteiger partial charge in [0.2, 0.25) is 0 Å². The van der Waals surface area contributed by atoms with E-state index in [0.717, 1.165) is 10.2 Å². The molecule has 0 amide bonds. The molecule has 2 N–H and O–H groups in total. The number of nitrogens with zero attached hydrogens (tertiary/aromatic N) is 2. The number of hydrogen-bond donors (Lipinski definition) is 1. The van der Waals surface area contributed by atoms with Crippen LogP contribution in [0.25, 0.3) is 0 Å². The van der Waals surface area contributed by atoms with Crippen LogP contribution < -0.4 is 5.73 Å². The van der Waals surface area contributed by atoms with E-state index in [-0.39, 0.29) is 11.1 Å². The maximum atomic E-state index is 13.6. The molecule has 2 aromatic rings. The summed E-state index contributed by atoms with van der Waals surface area (Å²) in [4.78, 5) is 0. The summed E-state index contributed by atoms with van der Waals surface area (Å²) in [5.41, 5.74) is 7.28. The smallest absolute Gasteiger partial charge is 0.142 e. The Hall–Kier alpha value is -0.780. The zero-order valence-corrected chi connectivity index (χ0v) is 13.3. The third-order valence-electron chi connectivity index (χ3n) is 2.90. The van der Waals surface area contributed by atoms with Crippen molar-refractivity contribution < 1.29 is 4.39 Å². The first-order valence-electron chi connectivity index (χ1n) is 5.47. The SMILES string of the molecule is Cc1nn(C(C)c2cc(F)c(Cl)cc2Cl)c(N)c1Br. The van der Waals surface area contributed by atoms with Gasteiger partial charge in [0.15, 0.2) is 0 Å². The minimum Gasteiger partial charge on any atom is -0.383 e. The molecule has 3 nitrogen and oxygen atoms in total. The fourth-order valence-electron chi connectivity index (χ4n) is 1.83. The van der Waals surface area contributed by atoms with Gasteiger partial charge in [-0.25, -0.2) is 9.07 Å². The second kappa shape index (κ2) is 5.31. The van der Waals surface area contributed by atoms with Crippen LogP contribution >= 0.6 is 39.1 Å². The second-order valence-electron chi connectivity index (χ2n) is 4.19. The predicted octanol–water partition coefficient (Wildman–Crippen LogP) is 4.59. The molecule has 0 radical (unpaired) electrons. The van der Waals surface area contributed by atoms with Crippen molar-refractivity contribution in [2.45, 2.75) is 19.9 Å². The van der Waals surface area contributed by atoms with Gasteiger partial charge < -0.3 is 5.73 Å². The van der Waals surface area contributed by atoms with Gasteiger partial charge in [0, 0.05) is 5.02 Å². The first-order valence-corrected chi connectivity index (χ1v) is 7.02. The zero-order chi connectivity index (χ0) is 14.3. The Balaban J connectivity index is 2.52. The summed E-state index contributed by atoms with van der Waals surface area (Å²) in [6.45, 7) is 3.66. The average molecular weight is 367 g/mol. The van der Waals surface area contributed by atoms with Gasteiger partial charge in [-0.05, 0) is 47.5 Å². The summed E-state index contributed by atoms with van der Waals surface area (Å²) in [5.74, 6) is -0.0501. The van der Waals surface area contributed by atoms with Crippen molar-refractivity contribution in [2.75, 3.05) is 5.73 Å². The number of hydrogen-bond acceptors (Lipinski definition) is 2. The molecule has 19 heavy (non-hydrogen) atoms. The zero-order valence-electron chi connectivity index (χ0n) is 10.2. The van der Waals surface area contributed by atoms with Gasteiger partial charge >= 0.3 is 0 Å². The molecule has 7 heteroatoms. The van der Waals surface area contributed by atoms with Crippen LogP contribution in [0.3, 0.4) is 0 Å². The molecule has 102 valence electrons. The minimum atomic E-state index is -0.519. The standard InChI is InChI=1S/C12H11BrCl2FN3/c1-5-11(13)12(17)19(18-5)6(2)7-3-10(16)9(15)4-8(7)14/h3-4,6H,17H2,1-2H3. The third-order valence-corrected chi connectivity index (χ3v) is 4.50. The van der Waals surface area contributed by atoms with Crippen LogP contribution in [0.15, 0.2) is 16.6 Å². The third kappa shape index (κ3) is 2.59. The number of benzene rings is 1. The van der Waals surface area contributed by atoms with Gasteiger partial charge in [-0.2, -0.15) is 5.10 Å². The van der Waals surface area contributed by atoms with E-state index >= 15 is 0 Å². The van der Waals surface area contributed by atoms with E-state index in [1.54, 1.807) is 4.68 Å². The van der Waals surface area contributed by atoms with Crippen molar-refractivity contribution in [1.82, 2.24) is 9.78 Å². The van der Waals surface area contributed by atoms with Crippen molar-refractivity contribution in [3.63, 3.8) is 0 Å².